The smallest absolute Gasteiger partial charge is 0.150 e. The maximum Gasteiger partial charge on any atom is 0.150 e. The fraction of sp³-hybridized carbons (Fsp3) is 0.500. The number of hydrogen-bond acceptors (Lipinski definition) is 1. The molecule has 1 atom stereocenters. The third-order valence-corrected chi connectivity index (χ3v) is 2.89. The molecular formula is C14H20O. The van der Waals surface area contributed by atoms with Crippen LogP contribution < -0.4 is 0 Å². The molecule has 0 amide bonds. The van der Waals surface area contributed by atoms with Crippen LogP contribution in [0.4, 0.5) is 0 Å². The molecule has 0 N–H and O–H groups in total. The minimum atomic E-state index is 0.498. The zero-order valence-corrected chi connectivity index (χ0v) is 9.70. The van der Waals surface area contributed by atoms with Crippen molar-refractivity contribution in [1.82, 2.24) is 0 Å². The number of carbonyl (C=O) groups is 1. The summed E-state index contributed by atoms with van der Waals surface area (Å²) in [5.74, 6) is 0.498. The van der Waals surface area contributed by atoms with Gasteiger partial charge in [0, 0.05) is 5.56 Å². The molecule has 0 radical (unpaired) electrons. The minimum Gasteiger partial charge on any atom is -0.298 e. The summed E-state index contributed by atoms with van der Waals surface area (Å²) >= 11 is 0. The topological polar surface area (TPSA) is 17.1 Å². The van der Waals surface area contributed by atoms with Gasteiger partial charge in [0.05, 0.1) is 0 Å². The van der Waals surface area contributed by atoms with Crippen LogP contribution in [0.2, 0.25) is 0 Å². The highest BCUT2D eigenvalue weighted by molar-refractivity contribution is 5.77. The molecular weight excluding hydrogens is 184 g/mol. The Morgan fingerprint density at radius 3 is 2.67 bits per heavy atom. The Morgan fingerprint density at radius 2 is 2.00 bits per heavy atom. The minimum absolute atomic E-state index is 0.498. The molecule has 0 heterocycles. The van der Waals surface area contributed by atoms with Crippen molar-refractivity contribution in [2.45, 2.75) is 45.4 Å². The number of benzene rings is 1. The van der Waals surface area contributed by atoms with Gasteiger partial charge in [-0.2, -0.15) is 0 Å². The Morgan fingerprint density at radius 1 is 1.27 bits per heavy atom. The Balaban J connectivity index is 2.63. The van der Waals surface area contributed by atoms with Gasteiger partial charge in [-0.15, -0.1) is 0 Å². The van der Waals surface area contributed by atoms with E-state index in [1.54, 1.807) is 0 Å². The summed E-state index contributed by atoms with van der Waals surface area (Å²) in [6, 6.07) is 7.91. The number of rotatable bonds is 6. The van der Waals surface area contributed by atoms with Crippen LogP contribution >= 0.6 is 0 Å². The van der Waals surface area contributed by atoms with Gasteiger partial charge in [-0.25, -0.2) is 0 Å². The fourth-order valence-corrected chi connectivity index (χ4v) is 1.92. The molecule has 0 saturated carbocycles. The Labute approximate surface area is 92.5 Å². The summed E-state index contributed by atoms with van der Waals surface area (Å²) < 4.78 is 0. The van der Waals surface area contributed by atoms with Crippen molar-refractivity contribution in [3.05, 3.63) is 35.4 Å². The summed E-state index contributed by atoms with van der Waals surface area (Å²) in [7, 11) is 0. The molecule has 1 rings (SSSR count). The maximum atomic E-state index is 10.9. The number of unbranched alkanes of at least 4 members (excludes halogenated alkanes) is 2. The monoisotopic (exact) mass is 204 g/mol. The second kappa shape index (κ2) is 6.39. The summed E-state index contributed by atoms with van der Waals surface area (Å²) in [4.78, 5) is 10.9. The molecule has 1 aromatic rings. The van der Waals surface area contributed by atoms with E-state index in [0.29, 0.717) is 5.92 Å². The molecule has 0 bridgehead atoms. The van der Waals surface area contributed by atoms with E-state index < -0.39 is 0 Å². The number of aldehydes is 1. The Bertz CT molecular complexity index is 304. The zero-order valence-electron chi connectivity index (χ0n) is 9.70. The average molecular weight is 204 g/mol. The number of hydrogen-bond donors (Lipinski definition) is 0. The Kier molecular flexibility index (Phi) is 5.09. The van der Waals surface area contributed by atoms with E-state index >= 15 is 0 Å². The van der Waals surface area contributed by atoms with Gasteiger partial charge in [-0.05, 0) is 17.9 Å². The first-order valence-corrected chi connectivity index (χ1v) is 5.83. The number of carbonyl (C=O) groups excluding carboxylic acids is 1. The molecule has 1 heteroatoms. The lowest BCUT2D eigenvalue weighted by Gasteiger charge is -2.13. The van der Waals surface area contributed by atoms with Gasteiger partial charge in [-0.1, -0.05) is 57.4 Å². The average Bonchev–Trinajstić information content (AvgIpc) is 2.29. The lowest BCUT2D eigenvalue weighted by Crippen LogP contribution is -1.98. The highest BCUT2D eigenvalue weighted by atomic mass is 16.1. The molecule has 0 aliphatic carbocycles. The van der Waals surface area contributed by atoms with Crippen LogP contribution in [0, 0.1) is 0 Å². The van der Waals surface area contributed by atoms with E-state index in [4.69, 9.17) is 0 Å². The van der Waals surface area contributed by atoms with Crippen molar-refractivity contribution in [2.75, 3.05) is 0 Å². The van der Waals surface area contributed by atoms with Crippen molar-refractivity contribution in [3.63, 3.8) is 0 Å². The molecule has 0 aliphatic heterocycles. The summed E-state index contributed by atoms with van der Waals surface area (Å²) in [6.45, 7) is 4.42. The summed E-state index contributed by atoms with van der Waals surface area (Å²) in [6.07, 6.45) is 5.94. The SMILES string of the molecule is CCCCCC(C)c1ccccc1C=O. The van der Waals surface area contributed by atoms with Crippen molar-refractivity contribution in [1.29, 1.82) is 0 Å². The standard InChI is InChI=1S/C14H20O/c1-3-4-5-8-12(2)14-10-7-6-9-13(14)11-15/h6-7,9-12H,3-5,8H2,1-2H3. The van der Waals surface area contributed by atoms with Crippen LogP contribution in [0.3, 0.4) is 0 Å². The molecule has 1 nitrogen and oxygen atoms in total. The van der Waals surface area contributed by atoms with E-state index in [9.17, 15) is 4.79 Å². The third-order valence-electron chi connectivity index (χ3n) is 2.89. The van der Waals surface area contributed by atoms with Crippen molar-refractivity contribution in [2.24, 2.45) is 0 Å². The van der Waals surface area contributed by atoms with Crippen molar-refractivity contribution in [3.8, 4) is 0 Å². The van der Waals surface area contributed by atoms with Gasteiger partial charge in [0.25, 0.3) is 0 Å². The third kappa shape index (κ3) is 3.50. The van der Waals surface area contributed by atoms with Crippen LogP contribution in [-0.4, -0.2) is 6.29 Å². The normalized spacial score (nSPS) is 12.4. The van der Waals surface area contributed by atoms with Crippen LogP contribution in [0.25, 0.3) is 0 Å². The lowest BCUT2D eigenvalue weighted by atomic mass is 9.92. The molecule has 15 heavy (non-hydrogen) atoms. The van der Waals surface area contributed by atoms with Gasteiger partial charge in [0.1, 0.15) is 6.29 Å². The first kappa shape index (κ1) is 12.0. The maximum absolute atomic E-state index is 10.9. The van der Waals surface area contributed by atoms with E-state index in [1.165, 1.54) is 31.2 Å². The van der Waals surface area contributed by atoms with E-state index in [1.807, 2.05) is 18.2 Å². The zero-order chi connectivity index (χ0) is 11.1. The molecule has 0 saturated heterocycles. The molecule has 82 valence electrons. The molecule has 1 aromatic carbocycles. The summed E-state index contributed by atoms with van der Waals surface area (Å²) in [5.41, 5.74) is 2.05. The van der Waals surface area contributed by atoms with Gasteiger partial charge in [0.2, 0.25) is 0 Å². The molecule has 0 spiro atoms. The Hall–Kier alpha value is -1.11. The van der Waals surface area contributed by atoms with Gasteiger partial charge >= 0.3 is 0 Å². The second-order valence-electron chi connectivity index (χ2n) is 4.14. The van der Waals surface area contributed by atoms with Crippen LogP contribution in [0.1, 0.15) is 61.4 Å². The van der Waals surface area contributed by atoms with Crippen LogP contribution in [0.5, 0.6) is 0 Å². The summed E-state index contributed by atoms with van der Waals surface area (Å²) in [5, 5.41) is 0. The first-order valence-electron chi connectivity index (χ1n) is 5.83. The second-order valence-corrected chi connectivity index (χ2v) is 4.14. The van der Waals surface area contributed by atoms with E-state index in [0.717, 1.165) is 11.8 Å². The van der Waals surface area contributed by atoms with Crippen molar-refractivity contribution < 1.29 is 4.79 Å². The lowest BCUT2D eigenvalue weighted by molar-refractivity contribution is 0.112. The highest BCUT2D eigenvalue weighted by Gasteiger charge is 2.08. The van der Waals surface area contributed by atoms with Gasteiger partial charge in [0.15, 0.2) is 0 Å². The highest BCUT2D eigenvalue weighted by Crippen LogP contribution is 2.24. The van der Waals surface area contributed by atoms with Crippen LogP contribution in [0.15, 0.2) is 24.3 Å². The predicted molar refractivity (Wildman–Crippen MR) is 64.4 cm³/mol. The molecule has 1 unspecified atom stereocenters. The first-order chi connectivity index (χ1) is 7.29. The van der Waals surface area contributed by atoms with Gasteiger partial charge < -0.3 is 0 Å². The van der Waals surface area contributed by atoms with Gasteiger partial charge in [-0.3, -0.25) is 4.79 Å². The largest absolute Gasteiger partial charge is 0.298 e. The van der Waals surface area contributed by atoms with Crippen LogP contribution in [-0.2, 0) is 0 Å². The van der Waals surface area contributed by atoms with E-state index in [-0.39, 0.29) is 0 Å². The fourth-order valence-electron chi connectivity index (χ4n) is 1.92. The van der Waals surface area contributed by atoms with E-state index in [2.05, 4.69) is 19.9 Å². The quantitative estimate of drug-likeness (QED) is 0.501. The van der Waals surface area contributed by atoms with Crippen molar-refractivity contribution >= 4 is 6.29 Å². The predicted octanol–water partition coefficient (Wildman–Crippen LogP) is 4.18. The molecule has 0 aromatic heterocycles. The molecule has 0 aliphatic rings. The molecule has 0 fully saturated rings.